The Labute approximate surface area is 212 Å². The Bertz CT molecular complexity index is 1120. The van der Waals surface area contributed by atoms with Crippen LogP contribution in [0.4, 0.5) is 5.69 Å². The van der Waals surface area contributed by atoms with Crippen molar-refractivity contribution in [1.29, 1.82) is 0 Å². The van der Waals surface area contributed by atoms with Gasteiger partial charge in [0.15, 0.2) is 0 Å². The minimum Gasteiger partial charge on any atom is -0.352 e. The lowest BCUT2D eigenvalue weighted by atomic mass is 10.1. The Hall–Kier alpha value is -2.29. The van der Waals surface area contributed by atoms with Gasteiger partial charge in [-0.1, -0.05) is 42.3 Å². The van der Waals surface area contributed by atoms with Gasteiger partial charge in [0, 0.05) is 22.6 Å². The predicted molar refractivity (Wildman–Crippen MR) is 138 cm³/mol. The van der Waals surface area contributed by atoms with Crippen molar-refractivity contribution < 1.29 is 18.0 Å². The van der Waals surface area contributed by atoms with Crippen molar-refractivity contribution in [1.82, 2.24) is 10.2 Å². The fourth-order valence-corrected chi connectivity index (χ4v) is 4.59. The SMILES string of the molecule is CC[C@@H](C)NC(=O)[C@@H](C)N(Cc1ccc(Cl)cc1)C(=O)CN(c1ccc(Cl)cc1C)S(C)(=O)=O. The first-order valence-corrected chi connectivity index (χ1v) is 13.5. The van der Waals surface area contributed by atoms with Gasteiger partial charge in [-0.2, -0.15) is 0 Å². The van der Waals surface area contributed by atoms with Gasteiger partial charge >= 0.3 is 0 Å². The molecule has 34 heavy (non-hydrogen) atoms. The highest BCUT2D eigenvalue weighted by Crippen LogP contribution is 2.26. The lowest BCUT2D eigenvalue weighted by Gasteiger charge is -2.32. The van der Waals surface area contributed by atoms with Crippen LogP contribution in [0, 0.1) is 6.92 Å². The van der Waals surface area contributed by atoms with Crippen LogP contribution in [0.2, 0.25) is 10.0 Å². The molecule has 0 bridgehead atoms. The summed E-state index contributed by atoms with van der Waals surface area (Å²) < 4.78 is 26.3. The third-order valence-corrected chi connectivity index (χ3v) is 7.15. The van der Waals surface area contributed by atoms with E-state index in [9.17, 15) is 18.0 Å². The number of amides is 2. The molecule has 0 spiro atoms. The summed E-state index contributed by atoms with van der Waals surface area (Å²) in [6, 6.07) is 10.8. The Morgan fingerprint density at radius 1 is 1.03 bits per heavy atom. The summed E-state index contributed by atoms with van der Waals surface area (Å²) in [6.07, 6.45) is 1.78. The summed E-state index contributed by atoms with van der Waals surface area (Å²) in [5.41, 5.74) is 1.72. The third kappa shape index (κ3) is 7.61. The predicted octanol–water partition coefficient (Wildman–Crippen LogP) is 4.40. The molecule has 0 radical (unpaired) electrons. The largest absolute Gasteiger partial charge is 0.352 e. The molecule has 0 saturated carbocycles. The molecule has 2 rings (SSSR count). The van der Waals surface area contributed by atoms with E-state index in [-0.39, 0.29) is 18.5 Å². The minimum absolute atomic E-state index is 0.0633. The van der Waals surface area contributed by atoms with Crippen LogP contribution >= 0.6 is 23.2 Å². The van der Waals surface area contributed by atoms with E-state index in [2.05, 4.69) is 5.32 Å². The molecule has 2 amide bonds. The van der Waals surface area contributed by atoms with E-state index in [0.29, 0.717) is 21.3 Å². The molecule has 186 valence electrons. The number of anilines is 1. The number of carbonyl (C=O) groups excluding carboxylic acids is 2. The molecule has 0 unspecified atom stereocenters. The highest BCUT2D eigenvalue weighted by molar-refractivity contribution is 7.92. The van der Waals surface area contributed by atoms with Crippen LogP contribution in [-0.2, 0) is 26.2 Å². The van der Waals surface area contributed by atoms with Crippen LogP contribution in [0.5, 0.6) is 0 Å². The molecular weight excluding hydrogens is 497 g/mol. The molecule has 0 aliphatic carbocycles. The lowest BCUT2D eigenvalue weighted by Crippen LogP contribution is -2.52. The van der Waals surface area contributed by atoms with E-state index >= 15 is 0 Å². The van der Waals surface area contributed by atoms with E-state index < -0.39 is 28.5 Å². The van der Waals surface area contributed by atoms with Crippen LogP contribution < -0.4 is 9.62 Å². The number of rotatable bonds is 10. The van der Waals surface area contributed by atoms with E-state index in [1.807, 2.05) is 13.8 Å². The van der Waals surface area contributed by atoms with Gasteiger partial charge in [0.25, 0.3) is 0 Å². The standard InChI is InChI=1S/C24H31Cl2N3O4S/c1-6-17(3)27-24(31)18(4)28(14-19-7-9-20(25)10-8-19)23(30)15-29(34(5,32)33)22-12-11-21(26)13-16(22)2/h7-13,17-18H,6,14-15H2,1-5H3,(H,27,31)/t17-,18-/m1/s1. The average Bonchev–Trinajstić information content (AvgIpc) is 2.76. The topological polar surface area (TPSA) is 86.8 Å². The molecule has 7 nitrogen and oxygen atoms in total. The van der Waals surface area contributed by atoms with Gasteiger partial charge in [-0.15, -0.1) is 0 Å². The van der Waals surface area contributed by atoms with E-state index in [4.69, 9.17) is 23.2 Å². The summed E-state index contributed by atoms with van der Waals surface area (Å²) in [7, 11) is -3.80. The Morgan fingerprint density at radius 3 is 2.15 bits per heavy atom. The third-order valence-electron chi connectivity index (χ3n) is 5.54. The Kier molecular flexibility index (Phi) is 9.79. The molecular formula is C24H31Cl2N3O4S. The number of hydrogen-bond donors (Lipinski definition) is 1. The zero-order valence-corrected chi connectivity index (χ0v) is 22.3. The summed E-state index contributed by atoms with van der Waals surface area (Å²) in [4.78, 5) is 27.8. The number of benzene rings is 2. The summed E-state index contributed by atoms with van der Waals surface area (Å²) in [5, 5.41) is 3.90. The first kappa shape index (κ1) is 28.0. The number of hydrogen-bond acceptors (Lipinski definition) is 4. The Balaban J connectivity index is 2.41. The first-order chi connectivity index (χ1) is 15.8. The molecule has 2 aromatic carbocycles. The molecule has 0 aromatic heterocycles. The zero-order chi connectivity index (χ0) is 25.6. The quantitative estimate of drug-likeness (QED) is 0.495. The number of halogens is 2. The first-order valence-electron chi connectivity index (χ1n) is 10.9. The molecule has 1 N–H and O–H groups in total. The van der Waals surface area contributed by atoms with Gasteiger partial charge in [-0.3, -0.25) is 13.9 Å². The van der Waals surface area contributed by atoms with Crippen molar-refractivity contribution in [3.63, 3.8) is 0 Å². The van der Waals surface area contributed by atoms with Crippen molar-refractivity contribution in [2.45, 2.75) is 52.7 Å². The molecule has 0 fully saturated rings. The second-order valence-electron chi connectivity index (χ2n) is 8.34. The number of sulfonamides is 1. The van der Waals surface area contributed by atoms with Crippen LogP contribution in [0.15, 0.2) is 42.5 Å². The molecule has 2 atom stereocenters. The van der Waals surface area contributed by atoms with Gasteiger partial charge < -0.3 is 10.2 Å². The van der Waals surface area contributed by atoms with Gasteiger partial charge in [0.1, 0.15) is 12.6 Å². The van der Waals surface area contributed by atoms with Crippen molar-refractivity contribution in [2.24, 2.45) is 0 Å². The van der Waals surface area contributed by atoms with Gasteiger partial charge in [-0.25, -0.2) is 8.42 Å². The van der Waals surface area contributed by atoms with Crippen molar-refractivity contribution in [3.8, 4) is 0 Å². The van der Waals surface area contributed by atoms with Crippen LogP contribution in [0.25, 0.3) is 0 Å². The second-order valence-corrected chi connectivity index (χ2v) is 11.1. The molecule has 2 aromatic rings. The molecule has 0 aliphatic rings. The maximum Gasteiger partial charge on any atom is 0.244 e. The van der Waals surface area contributed by atoms with Gasteiger partial charge in [0.05, 0.1) is 11.9 Å². The van der Waals surface area contributed by atoms with Crippen molar-refractivity contribution in [2.75, 3.05) is 17.1 Å². The fourth-order valence-electron chi connectivity index (χ4n) is 3.33. The normalized spacial score (nSPS) is 13.1. The lowest BCUT2D eigenvalue weighted by molar-refractivity contribution is -0.139. The minimum atomic E-state index is -3.80. The molecule has 0 saturated heterocycles. The van der Waals surface area contributed by atoms with Gasteiger partial charge in [0.2, 0.25) is 21.8 Å². The summed E-state index contributed by atoms with van der Waals surface area (Å²) in [5.74, 6) is -0.827. The number of nitrogens with zero attached hydrogens (tertiary/aromatic N) is 2. The second kappa shape index (κ2) is 11.9. The van der Waals surface area contributed by atoms with Crippen molar-refractivity contribution >= 4 is 50.7 Å². The van der Waals surface area contributed by atoms with Crippen LogP contribution in [-0.4, -0.2) is 50.0 Å². The monoisotopic (exact) mass is 527 g/mol. The Morgan fingerprint density at radius 2 is 1.62 bits per heavy atom. The number of nitrogens with one attached hydrogen (secondary N) is 1. The number of aryl methyl sites for hydroxylation is 1. The van der Waals surface area contributed by atoms with Crippen LogP contribution in [0.3, 0.4) is 0 Å². The summed E-state index contributed by atoms with van der Waals surface area (Å²) >= 11 is 12.0. The highest BCUT2D eigenvalue weighted by Gasteiger charge is 2.31. The molecule has 10 heteroatoms. The zero-order valence-electron chi connectivity index (χ0n) is 20.0. The summed E-state index contributed by atoms with van der Waals surface area (Å²) in [6.45, 7) is 6.83. The number of carbonyl (C=O) groups is 2. The maximum absolute atomic E-state index is 13.5. The van der Waals surface area contributed by atoms with E-state index in [1.165, 1.54) is 4.90 Å². The molecule has 0 aliphatic heterocycles. The molecule has 0 heterocycles. The highest BCUT2D eigenvalue weighted by atomic mass is 35.5. The maximum atomic E-state index is 13.5. The van der Waals surface area contributed by atoms with E-state index in [0.717, 1.165) is 22.5 Å². The fraction of sp³-hybridized carbons (Fsp3) is 0.417. The van der Waals surface area contributed by atoms with E-state index in [1.54, 1.807) is 56.3 Å². The average molecular weight is 529 g/mol. The van der Waals surface area contributed by atoms with Crippen LogP contribution in [0.1, 0.15) is 38.3 Å². The smallest absolute Gasteiger partial charge is 0.244 e. The van der Waals surface area contributed by atoms with Crippen molar-refractivity contribution in [3.05, 3.63) is 63.6 Å². The van der Waals surface area contributed by atoms with Gasteiger partial charge in [-0.05, 0) is 68.7 Å².